The molecule has 0 aromatic carbocycles. The summed E-state index contributed by atoms with van der Waals surface area (Å²) in [7, 11) is 0. The van der Waals surface area contributed by atoms with Crippen LogP contribution in [0.5, 0.6) is 0 Å². The SMILES string of the molecule is CCC(CC(N)=NO)NC(=O)CCSC. The lowest BCUT2D eigenvalue weighted by Crippen LogP contribution is -2.37. The van der Waals surface area contributed by atoms with Gasteiger partial charge in [-0.05, 0) is 12.7 Å². The van der Waals surface area contributed by atoms with Gasteiger partial charge in [0.15, 0.2) is 0 Å². The summed E-state index contributed by atoms with van der Waals surface area (Å²) < 4.78 is 0. The van der Waals surface area contributed by atoms with Crippen molar-refractivity contribution in [2.45, 2.75) is 32.2 Å². The predicted octanol–water partition coefficient (Wildman–Crippen LogP) is 0.771. The maximum Gasteiger partial charge on any atom is 0.221 e. The highest BCUT2D eigenvalue weighted by Crippen LogP contribution is 2.00. The van der Waals surface area contributed by atoms with Crippen LogP contribution >= 0.6 is 11.8 Å². The number of hydrogen-bond acceptors (Lipinski definition) is 4. The number of hydrogen-bond donors (Lipinski definition) is 3. The molecular formula is C9H19N3O2S. The summed E-state index contributed by atoms with van der Waals surface area (Å²) in [4.78, 5) is 11.4. The van der Waals surface area contributed by atoms with E-state index in [9.17, 15) is 4.79 Å². The van der Waals surface area contributed by atoms with Crippen molar-refractivity contribution in [2.75, 3.05) is 12.0 Å². The highest BCUT2D eigenvalue weighted by atomic mass is 32.2. The second kappa shape index (κ2) is 8.40. The van der Waals surface area contributed by atoms with E-state index in [1.165, 1.54) is 0 Å². The molecule has 0 aliphatic heterocycles. The third-order valence-corrected chi connectivity index (χ3v) is 2.59. The van der Waals surface area contributed by atoms with Crippen LogP contribution in [-0.4, -0.2) is 35.0 Å². The van der Waals surface area contributed by atoms with Gasteiger partial charge in [-0.1, -0.05) is 12.1 Å². The Morgan fingerprint density at radius 1 is 1.67 bits per heavy atom. The lowest BCUT2D eigenvalue weighted by atomic mass is 10.1. The molecule has 0 saturated heterocycles. The van der Waals surface area contributed by atoms with E-state index in [2.05, 4.69) is 10.5 Å². The molecule has 15 heavy (non-hydrogen) atoms. The lowest BCUT2D eigenvalue weighted by molar-refractivity contribution is -0.121. The molecule has 0 spiro atoms. The van der Waals surface area contributed by atoms with Gasteiger partial charge in [0.2, 0.25) is 5.91 Å². The Morgan fingerprint density at radius 3 is 2.80 bits per heavy atom. The van der Waals surface area contributed by atoms with Crippen LogP contribution in [0.4, 0.5) is 0 Å². The topological polar surface area (TPSA) is 87.7 Å². The smallest absolute Gasteiger partial charge is 0.221 e. The van der Waals surface area contributed by atoms with Gasteiger partial charge in [0.1, 0.15) is 5.84 Å². The van der Waals surface area contributed by atoms with Crippen LogP contribution in [0.2, 0.25) is 0 Å². The standard InChI is InChI=1S/C9H19N3O2S/c1-3-7(6-8(10)12-14)11-9(13)4-5-15-2/h7,14H,3-6H2,1-2H3,(H2,10,12)(H,11,13). The molecule has 0 aromatic rings. The summed E-state index contributed by atoms with van der Waals surface area (Å²) in [5.74, 6) is 0.972. The fourth-order valence-electron chi connectivity index (χ4n) is 1.09. The van der Waals surface area contributed by atoms with Gasteiger partial charge in [0, 0.05) is 24.6 Å². The molecule has 1 atom stereocenters. The van der Waals surface area contributed by atoms with Crippen molar-refractivity contribution >= 4 is 23.5 Å². The van der Waals surface area contributed by atoms with Crippen LogP contribution in [0, 0.1) is 0 Å². The molecule has 0 rings (SSSR count). The number of thioether (sulfide) groups is 1. The van der Waals surface area contributed by atoms with Gasteiger partial charge in [-0.25, -0.2) is 0 Å². The summed E-state index contributed by atoms with van der Waals surface area (Å²) in [6.07, 6.45) is 3.62. The molecule has 1 unspecified atom stereocenters. The monoisotopic (exact) mass is 233 g/mol. The van der Waals surface area contributed by atoms with E-state index < -0.39 is 0 Å². The normalized spacial score (nSPS) is 13.6. The van der Waals surface area contributed by atoms with Crippen molar-refractivity contribution in [3.63, 3.8) is 0 Å². The van der Waals surface area contributed by atoms with E-state index >= 15 is 0 Å². The third kappa shape index (κ3) is 7.07. The van der Waals surface area contributed by atoms with Crippen LogP contribution in [0.25, 0.3) is 0 Å². The molecule has 1 amide bonds. The molecular weight excluding hydrogens is 214 g/mol. The minimum absolute atomic E-state index is 0.0157. The number of amidine groups is 1. The fourth-order valence-corrected chi connectivity index (χ4v) is 1.47. The van der Waals surface area contributed by atoms with Gasteiger partial charge in [0.25, 0.3) is 0 Å². The number of rotatable bonds is 7. The molecule has 0 aliphatic carbocycles. The highest BCUT2D eigenvalue weighted by Gasteiger charge is 2.11. The molecule has 4 N–H and O–H groups in total. The molecule has 0 saturated carbocycles. The molecule has 0 bridgehead atoms. The van der Waals surface area contributed by atoms with Crippen LogP contribution in [0.15, 0.2) is 5.16 Å². The maximum atomic E-state index is 11.4. The second-order valence-corrected chi connectivity index (χ2v) is 4.20. The van der Waals surface area contributed by atoms with Crippen molar-refractivity contribution in [1.29, 1.82) is 0 Å². The van der Waals surface area contributed by atoms with Crippen LogP contribution in [0.3, 0.4) is 0 Å². The molecule has 88 valence electrons. The first-order valence-electron chi connectivity index (χ1n) is 4.88. The largest absolute Gasteiger partial charge is 0.409 e. The minimum Gasteiger partial charge on any atom is -0.409 e. The van der Waals surface area contributed by atoms with E-state index in [0.29, 0.717) is 12.8 Å². The lowest BCUT2D eigenvalue weighted by Gasteiger charge is -2.15. The van der Waals surface area contributed by atoms with E-state index in [1.54, 1.807) is 11.8 Å². The summed E-state index contributed by atoms with van der Waals surface area (Å²) in [5.41, 5.74) is 5.37. The molecule has 0 aliphatic rings. The summed E-state index contributed by atoms with van der Waals surface area (Å²) >= 11 is 1.63. The van der Waals surface area contributed by atoms with Gasteiger partial charge < -0.3 is 16.3 Å². The first kappa shape index (κ1) is 14.1. The number of amides is 1. The van der Waals surface area contributed by atoms with Crippen molar-refractivity contribution in [3.05, 3.63) is 0 Å². The Kier molecular flexibility index (Phi) is 7.89. The van der Waals surface area contributed by atoms with E-state index in [4.69, 9.17) is 10.9 Å². The van der Waals surface area contributed by atoms with Crippen LogP contribution < -0.4 is 11.1 Å². The quantitative estimate of drug-likeness (QED) is 0.262. The van der Waals surface area contributed by atoms with E-state index in [1.807, 2.05) is 13.2 Å². The minimum atomic E-state index is -0.0461. The van der Waals surface area contributed by atoms with Gasteiger partial charge in [-0.2, -0.15) is 11.8 Å². The summed E-state index contributed by atoms with van der Waals surface area (Å²) in [6.45, 7) is 1.95. The van der Waals surface area contributed by atoms with Crippen LogP contribution in [-0.2, 0) is 4.79 Å². The molecule has 5 nitrogen and oxygen atoms in total. The Hall–Kier alpha value is -0.910. The number of nitrogens with one attached hydrogen (secondary N) is 1. The Morgan fingerprint density at radius 2 is 2.33 bits per heavy atom. The number of oxime groups is 1. The number of nitrogens with two attached hydrogens (primary N) is 1. The molecule has 0 aromatic heterocycles. The Labute approximate surface area is 94.5 Å². The zero-order valence-corrected chi connectivity index (χ0v) is 10.0. The molecule has 0 fully saturated rings. The first-order valence-corrected chi connectivity index (χ1v) is 6.28. The summed E-state index contributed by atoms with van der Waals surface area (Å²) in [6, 6.07) is -0.0461. The van der Waals surface area contributed by atoms with Crippen LogP contribution in [0.1, 0.15) is 26.2 Å². The Bertz CT molecular complexity index is 221. The fraction of sp³-hybridized carbons (Fsp3) is 0.778. The molecule has 0 radical (unpaired) electrons. The zero-order chi connectivity index (χ0) is 11.7. The van der Waals surface area contributed by atoms with Crippen molar-refractivity contribution < 1.29 is 10.0 Å². The number of carbonyl (C=O) groups is 1. The predicted molar refractivity (Wildman–Crippen MR) is 63.2 cm³/mol. The Balaban J connectivity index is 3.93. The third-order valence-electron chi connectivity index (χ3n) is 1.98. The van der Waals surface area contributed by atoms with Crippen molar-refractivity contribution in [2.24, 2.45) is 10.9 Å². The van der Waals surface area contributed by atoms with Crippen molar-refractivity contribution in [1.82, 2.24) is 5.32 Å². The summed E-state index contributed by atoms with van der Waals surface area (Å²) in [5, 5.41) is 14.1. The number of nitrogens with zero attached hydrogens (tertiary/aromatic N) is 1. The maximum absolute atomic E-state index is 11.4. The molecule has 6 heteroatoms. The number of carbonyl (C=O) groups excluding carboxylic acids is 1. The van der Waals surface area contributed by atoms with Gasteiger partial charge in [-0.3, -0.25) is 4.79 Å². The average molecular weight is 233 g/mol. The zero-order valence-electron chi connectivity index (χ0n) is 9.19. The second-order valence-electron chi connectivity index (χ2n) is 3.21. The van der Waals surface area contributed by atoms with Gasteiger partial charge >= 0.3 is 0 Å². The van der Waals surface area contributed by atoms with E-state index in [0.717, 1.165) is 12.2 Å². The first-order chi connectivity index (χ1) is 7.13. The van der Waals surface area contributed by atoms with E-state index in [-0.39, 0.29) is 17.8 Å². The average Bonchev–Trinajstić information content (AvgIpc) is 2.25. The highest BCUT2D eigenvalue weighted by molar-refractivity contribution is 7.98. The van der Waals surface area contributed by atoms with Gasteiger partial charge in [-0.15, -0.1) is 0 Å². The molecule has 0 heterocycles. The van der Waals surface area contributed by atoms with Gasteiger partial charge in [0.05, 0.1) is 0 Å². The van der Waals surface area contributed by atoms with Crippen molar-refractivity contribution in [3.8, 4) is 0 Å².